The monoisotopic (exact) mass is 577 g/mol. The number of aromatic amines is 1. The first-order valence-electron chi connectivity index (χ1n) is 15.3. The highest BCUT2D eigenvalue weighted by molar-refractivity contribution is 5.96. The van der Waals surface area contributed by atoms with Crippen LogP contribution in [-0.4, -0.2) is 62.2 Å². The Kier molecular flexibility index (Phi) is 7.25. The Morgan fingerprint density at radius 1 is 1.17 bits per heavy atom. The maximum Gasteiger partial charge on any atom is 0.326 e. The number of aliphatic carboxylic acids is 1. The van der Waals surface area contributed by atoms with E-state index in [4.69, 9.17) is 4.84 Å². The minimum absolute atomic E-state index is 0.133. The van der Waals surface area contributed by atoms with Crippen LogP contribution in [0.15, 0.2) is 47.3 Å². The number of allylic oxidation sites excluding steroid dienone is 2. The normalized spacial score (nSPS) is 37.4. The van der Waals surface area contributed by atoms with E-state index < -0.39 is 29.6 Å². The number of carboxylic acid groups (broad SMARTS) is 1. The number of rotatable bonds is 7. The van der Waals surface area contributed by atoms with Crippen LogP contribution in [0.5, 0.6) is 0 Å². The average Bonchev–Trinajstić information content (AvgIpc) is 3.45. The molecule has 4 aliphatic carbocycles. The lowest BCUT2D eigenvalue weighted by atomic mass is 9.45. The van der Waals surface area contributed by atoms with E-state index in [1.54, 1.807) is 6.20 Å². The zero-order valence-electron chi connectivity index (χ0n) is 24.7. The summed E-state index contributed by atoms with van der Waals surface area (Å²) in [5.41, 5.74) is 2.65. The van der Waals surface area contributed by atoms with Crippen molar-refractivity contribution in [1.29, 1.82) is 0 Å². The molecule has 2 aromatic rings. The number of carboxylic acids is 1. The number of aliphatic hydroxyl groups excluding tert-OH is 1. The Balaban J connectivity index is 1.09. The molecule has 5 N–H and O–H groups in total. The molecule has 9 nitrogen and oxygen atoms in total. The molecule has 3 saturated carbocycles. The quantitative estimate of drug-likeness (QED) is 0.310. The molecular weight excluding hydrogens is 534 g/mol. The molecule has 0 aliphatic heterocycles. The molecule has 8 atom stereocenters. The van der Waals surface area contributed by atoms with Crippen molar-refractivity contribution in [3.63, 3.8) is 0 Å². The van der Waals surface area contributed by atoms with E-state index in [9.17, 15) is 24.9 Å². The number of hydrogen-bond donors (Lipinski definition) is 5. The van der Waals surface area contributed by atoms with Gasteiger partial charge in [-0.25, -0.2) is 4.79 Å². The zero-order chi connectivity index (χ0) is 29.9. The highest BCUT2D eigenvalue weighted by atomic mass is 16.6. The van der Waals surface area contributed by atoms with Gasteiger partial charge in [0.15, 0.2) is 6.61 Å². The van der Waals surface area contributed by atoms with Crippen LogP contribution in [0.3, 0.4) is 0 Å². The van der Waals surface area contributed by atoms with Crippen LogP contribution in [0.25, 0.3) is 10.9 Å². The highest BCUT2D eigenvalue weighted by Crippen LogP contribution is 2.67. The van der Waals surface area contributed by atoms with Crippen molar-refractivity contribution in [3.05, 3.63) is 47.7 Å². The van der Waals surface area contributed by atoms with Crippen molar-refractivity contribution < 1.29 is 29.7 Å². The van der Waals surface area contributed by atoms with Crippen LogP contribution in [0.2, 0.25) is 0 Å². The van der Waals surface area contributed by atoms with Gasteiger partial charge in [0.2, 0.25) is 0 Å². The maximum absolute atomic E-state index is 12.6. The smallest absolute Gasteiger partial charge is 0.326 e. The number of hydrogen-bond acceptors (Lipinski definition) is 6. The van der Waals surface area contributed by atoms with Gasteiger partial charge in [0, 0.05) is 28.9 Å². The standard InChI is InChI=1S/C33H43N3O6/c1-31-12-10-21(15-20(31)8-9-23-24-11-13-33(3,41)32(24,2)16-27(37)29(23)31)36-42-18-28(38)35-26(30(39)40)14-19-17-34-25-7-5-4-6-22(19)25/h4-7,15,17,23-24,26-27,29,34,37,41H,8-14,16,18H2,1-3H3,(H,35,38)(H,39,40)/t23?,24?,26?,27?,29?,31-,32-,33-/m0/s1. The van der Waals surface area contributed by atoms with E-state index in [-0.39, 0.29) is 29.8 Å². The third kappa shape index (κ3) is 4.74. The first kappa shape index (κ1) is 28.9. The highest BCUT2D eigenvalue weighted by Gasteiger charge is 2.64. The molecule has 1 heterocycles. The summed E-state index contributed by atoms with van der Waals surface area (Å²) in [6.45, 7) is 6.04. The number of aromatic nitrogens is 1. The van der Waals surface area contributed by atoms with E-state index >= 15 is 0 Å². The van der Waals surface area contributed by atoms with Gasteiger partial charge in [-0.15, -0.1) is 0 Å². The molecule has 5 unspecified atom stereocenters. The first-order chi connectivity index (χ1) is 19.9. The lowest BCUT2D eigenvalue weighted by Crippen LogP contribution is -2.59. The van der Waals surface area contributed by atoms with Crippen molar-refractivity contribution in [2.75, 3.05) is 6.61 Å². The Bertz CT molecular complexity index is 1440. The molecule has 6 rings (SSSR count). The second kappa shape index (κ2) is 10.5. The van der Waals surface area contributed by atoms with Crippen molar-refractivity contribution in [3.8, 4) is 0 Å². The maximum atomic E-state index is 12.6. The Morgan fingerprint density at radius 2 is 1.95 bits per heavy atom. The van der Waals surface area contributed by atoms with E-state index in [1.165, 1.54) is 5.57 Å². The van der Waals surface area contributed by atoms with Gasteiger partial charge < -0.3 is 30.5 Å². The molecule has 1 amide bonds. The fraction of sp³-hybridized carbons (Fsp3) is 0.606. The third-order valence-electron chi connectivity index (χ3n) is 11.6. The van der Waals surface area contributed by atoms with Crippen LogP contribution in [-0.2, 0) is 20.8 Å². The van der Waals surface area contributed by atoms with Gasteiger partial charge in [-0.3, -0.25) is 4.79 Å². The van der Waals surface area contributed by atoms with Crippen molar-refractivity contribution in [2.24, 2.45) is 33.7 Å². The summed E-state index contributed by atoms with van der Waals surface area (Å²) in [6.07, 6.45) is 9.42. The summed E-state index contributed by atoms with van der Waals surface area (Å²) in [7, 11) is 0. The molecule has 0 saturated heterocycles. The van der Waals surface area contributed by atoms with Gasteiger partial charge in [0.1, 0.15) is 6.04 Å². The number of fused-ring (bicyclic) bond motifs is 6. The number of oxime groups is 1. The van der Waals surface area contributed by atoms with E-state index in [1.807, 2.05) is 31.2 Å². The van der Waals surface area contributed by atoms with Crippen molar-refractivity contribution >= 4 is 28.5 Å². The molecule has 0 spiro atoms. The van der Waals surface area contributed by atoms with Gasteiger partial charge in [-0.05, 0) is 92.7 Å². The lowest BCUT2D eigenvalue weighted by Gasteiger charge is -2.60. The molecule has 4 aliphatic rings. The van der Waals surface area contributed by atoms with Gasteiger partial charge in [0.05, 0.1) is 17.4 Å². The largest absolute Gasteiger partial charge is 0.480 e. The van der Waals surface area contributed by atoms with Crippen LogP contribution in [0, 0.1) is 28.6 Å². The summed E-state index contributed by atoms with van der Waals surface area (Å²) >= 11 is 0. The van der Waals surface area contributed by atoms with Crippen molar-refractivity contribution in [2.45, 2.75) is 89.9 Å². The number of nitrogens with zero attached hydrogens (tertiary/aromatic N) is 1. The van der Waals surface area contributed by atoms with Crippen LogP contribution >= 0.6 is 0 Å². The summed E-state index contributed by atoms with van der Waals surface area (Å²) in [4.78, 5) is 33.0. The topological polar surface area (TPSA) is 144 Å². The second-order valence-electron chi connectivity index (χ2n) is 13.8. The predicted octanol–water partition coefficient (Wildman–Crippen LogP) is 4.34. The van der Waals surface area contributed by atoms with Gasteiger partial charge in [-0.1, -0.05) is 42.8 Å². The number of carbonyl (C=O) groups excluding carboxylic acids is 1. The number of amides is 1. The minimum atomic E-state index is -1.11. The molecule has 1 aromatic carbocycles. The lowest BCUT2D eigenvalue weighted by molar-refractivity contribution is -0.164. The molecule has 0 bridgehead atoms. The SMILES string of the molecule is C[C@]12CCC(=NOCC(=O)NC(Cc3c[nH]c4ccccc34)C(=O)O)C=C1CCC1C2C(O)C[C@@]2(C)C1CC[C@]2(C)O. The summed E-state index contributed by atoms with van der Waals surface area (Å²) in [6, 6.07) is 6.55. The average molecular weight is 578 g/mol. The summed E-state index contributed by atoms with van der Waals surface area (Å²) in [5, 5.41) is 40.1. The fourth-order valence-corrected chi connectivity index (χ4v) is 9.12. The fourth-order valence-electron chi connectivity index (χ4n) is 9.12. The van der Waals surface area contributed by atoms with E-state index in [2.05, 4.69) is 35.4 Å². The summed E-state index contributed by atoms with van der Waals surface area (Å²) < 4.78 is 0. The number of carbonyl (C=O) groups is 2. The molecule has 226 valence electrons. The van der Waals surface area contributed by atoms with Crippen LogP contribution < -0.4 is 5.32 Å². The first-order valence-corrected chi connectivity index (χ1v) is 15.3. The second-order valence-corrected chi connectivity index (χ2v) is 13.8. The Hall–Kier alpha value is -3.17. The van der Waals surface area contributed by atoms with Crippen LogP contribution in [0.4, 0.5) is 0 Å². The summed E-state index contributed by atoms with van der Waals surface area (Å²) in [5.74, 6) is -0.691. The molecule has 3 fully saturated rings. The molecule has 9 heteroatoms. The van der Waals surface area contributed by atoms with Crippen molar-refractivity contribution in [1.82, 2.24) is 10.3 Å². The zero-order valence-corrected chi connectivity index (χ0v) is 24.7. The number of aliphatic hydroxyl groups is 2. The molecule has 42 heavy (non-hydrogen) atoms. The minimum Gasteiger partial charge on any atom is -0.480 e. The Labute approximate surface area is 246 Å². The van der Waals surface area contributed by atoms with Crippen LogP contribution in [0.1, 0.15) is 71.3 Å². The van der Waals surface area contributed by atoms with E-state index in [0.29, 0.717) is 24.7 Å². The number of H-pyrrole nitrogens is 1. The van der Waals surface area contributed by atoms with Gasteiger partial charge >= 0.3 is 5.97 Å². The van der Waals surface area contributed by atoms with E-state index in [0.717, 1.165) is 54.3 Å². The third-order valence-corrected chi connectivity index (χ3v) is 11.6. The Morgan fingerprint density at radius 3 is 2.74 bits per heavy atom. The predicted molar refractivity (Wildman–Crippen MR) is 159 cm³/mol. The number of benzene rings is 1. The van der Waals surface area contributed by atoms with Gasteiger partial charge in [0.25, 0.3) is 5.91 Å². The molecular formula is C33H43N3O6. The van der Waals surface area contributed by atoms with Gasteiger partial charge in [-0.2, -0.15) is 0 Å². The number of nitrogens with one attached hydrogen (secondary N) is 2. The molecule has 1 aromatic heterocycles. The molecule has 0 radical (unpaired) electrons. The number of para-hydroxylation sites is 1.